The first kappa shape index (κ1) is 14.1. The standard InChI is InChI=1S/C13H18F3N/c14-13(15,16)9-5-8-12(10-17)11-6-3-1-2-4-7-11/h1-9H2. The average Bonchev–Trinajstić information content (AvgIpc) is 2.51. The number of alkyl halides is 3. The highest BCUT2D eigenvalue weighted by Gasteiger charge is 2.26. The molecule has 0 heterocycles. The summed E-state index contributed by atoms with van der Waals surface area (Å²) in [6.45, 7) is 0. The van der Waals surface area contributed by atoms with Crippen molar-refractivity contribution in [1.82, 2.24) is 0 Å². The summed E-state index contributed by atoms with van der Waals surface area (Å²) in [6, 6.07) is 2.10. The number of hydrogen-bond acceptors (Lipinski definition) is 1. The van der Waals surface area contributed by atoms with Crippen LogP contribution in [0.4, 0.5) is 13.2 Å². The van der Waals surface area contributed by atoms with E-state index >= 15 is 0 Å². The second-order valence-electron chi connectivity index (χ2n) is 4.58. The Hall–Kier alpha value is -0.980. The highest BCUT2D eigenvalue weighted by molar-refractivity contribution is 5.28. The summed E-state index contributed by atoms with van der Waals surface area (Å²) in [4.78, 5) is 0. The molecule has 4 heteroatoms. The highest BCUT2D eigenvalue weighted by atomic mass is 19.4. The van der Waals surface area contributed by atoms with E-state index in [1.165, 1.54) is 12.8 Å². The van der Waals surface area contributed by atoms with Crippen LogP contribution in [0.5, 0.6) is 0 Å². The van der Waals surface area contributed by atoms with Crippen LogP contribution in [0.2, 0.25) is 0 Å². The lowest BCUT2D eigenvalue weighted by molar-refractivity contribution is -0.135. The monoisotopic (exact) mass is 245 g/mol. The Morgan fingerprint density at radius 3 is 2.18 bits per heavy atom. The van der Waals surface area contributed by atoms with Gasteiger partial charge in [0, 0.05) is 12.0 Å². The lowest BCUT2D eigenvalue weighted by atomic mass is 9.97. The quantitative estimate of drug-likeness (QED) is 0.512. The van der Waals surface area contributed by atoms with Gasteiger partial charge in [0.1, 0.15) is 0 Å². The van der Waals surface area contributed by atoms with Crippen molar-refractivity contribution in [3.05, 3.63) is 11.1 Å². The molecule has 0 aromatic heterocycles. The first-order chi connectivity index (χ1) is 8.03. The Morgan fingerprint density at radius 1 is 1.12 bits per heavy atom. The van der Waals surface area contributed by atoms with Crippen LogP contribution in [0.1, 0.15) is 57.8 Å². The topological polar surface area (TPSA) is 23.8 Å². The fraction of sp³-hybridized carbons (Fsp3) is 0.769. The van der Waals surface area contributed by atoms with Crippen LogP contribution < -0.4 is 0 Å². The smallest absolute Gasteiger partial charge is 0.193 e. The molecule has 0 radical (unpaired) electrons. The van der Waals surface area contributed by atoms with Crippen LogP contribution in [-0.2, 0) is 0 Å². The number of halogens is 3. The Bertz CT molecular complexity index is 300. The van der Waals surface area contributed by atoms with E-state index in [2.05, 4.69) is 6.07 Å². The van der Waals surface area contributed by atoms with Crippen LogP contribution in [-0.4, -0.2) is 6.18 Å². The van der Waals surface area contributed by atoms with Crippen molar-refractivity contribution < 1.29 is 13.2 Å². The van der Waals surface area contributed by atoms with Crippen molar-refractivity contribution >= 4 is 0 Å². The minimum Gasteiger partial charge on any atom is -0.193 e. The predicted molar refractivity (Wildman–Crippen MR) is 60.2 cm³/mol. The van der Waals surface area contributed by atoms with Gasteiger partial charge < -0.3 is 0 Å². The van der Waals surface area contributed by atoms with Gasteiger partial charge in [-0.25, -0.2) is 0 Å². The lowest BCUT2D eigenvalue weighted by Gasteiger charge is -2.09. The molecule has 0 unspecified atom stereocenters. The molecule has 17 heavy (non-hydrogen) atoms. The predicted octanol–water partition coefficient (Wildman–Crippen LogP) is 4.89. The zero-order chi connectivity index (χ0) is 12.7. The van der Waals surface area contributed by atoms with Crippen molar-refractivity contribution in [3.63, 3.8) is 0 Å². The summed E-state index contributed by atoms with van der Waals surface area (Å²) in [6.07, 6.45) is 1.71. The van der Waals surface area contributed by atoms with Crippen LogP contribution in [0, 0.1) is 11.3 Å². The third-order valence-corrected chi connectivity index (χ3v) is 3.16. The van der Waals surface area contributed by atoms with Gasteiger partial charge in [0.15, 0.2) is 0 Å². The van der Waals surface area contributed by atoms with E-state index < -0.39 is 12.6 Å². The molecule has 1 rings (SSSR count). The molecule has 1 fully saturated rings. The molecule has 0 aromatic rings. The van der Waals surface area contributed by atoms with Gasteiger partial charge in [0.2, 0.25) is 0 Å². The third-order valence-electron chi connectivity index (χ3n) is 3.16. The number of nitriles is 1. The number of rotatable bonds is 3. The summed E-state index contributed by atoms with van der Waals surface area (Å²) >= 11 is 0. The molecule has 0 aliphatic heterocycles. The Balaban J connectivity index is 2.52. The number of allylic oxidation sites excluding steroid dienone is 2. The van der Waals surface area contributed by atoms with Crippen molar-refractivity contribution in [1.29, 1.82) is 5.26 Å². The molecule has 0 atom stereocenters. The van der Waals surface area contributed by atoms with E-state index in [1.54, 1.807) is 0 Å². The normalized spacial score (nSPS) is 17.4. The van der Waals surface area contributed by atoms with Gasteiger partial charge >= 0.3 is 6.18 Å². The van der Waals surface area contributed by atoms with Crippen molar-refractivity contribution in [2.75, 3.05) is 0 Å². The molecule has 0 aromatic carbocycles. The van der Waals surface area contributed by atoms with Gasteiger partial charge in [-0.1, -0.05) is 18.4 Å². The van der Waals surface area contributed by atoms with Crippen LogP contribution in [0.15, 0.2) is 11.1 Å². The minimum atomic E-state index is -4.10. The maximum atomic E-state index is 12.0. The molecule has 0 N–H and O–H groups in total. The molecule has 1 saturated carbocycles. The van der Waals surface area contributed by atoms with Gasteiger partial charge in [-0.05, 0) is 38.5 Å². The third kappa shape index (κ3) is 5.76. The fourth-order valence-corrected chi connectivity index (χ4v) is 2.23. The van der Waals surface area contributed by atoms with E-state index in [1.807, 2.05) is 0 Å². The van der Waals surface area contributed by atoms with E-state index in [-0.39, 0.29) is 12.8 Å². The number of nitrogens with zero attached hydrogens (tertiary/aromatic N) is 1. The molecule has 96 valence electrons. The van der Waals surface area contributed by atoms with E-state index in [0.717, 1.165) is 31.3 Å². The van der Waals surface area contributed by atoms with Crippen molar-refractivity contribution in [2.45, 2.75) is 64.0 Å². The second-order valence-corrected chi connectivity index (χ2v) is 4.58. The molecule has 1 aliphatic rings. The molecule has 1 aliphatic carbocycles. The first-order valence-corrected chi connectivity index (χ1v) is 6.20. The summed E-state index contributed by atoms with van der Waals surface area (Å²) < 4.78 is 36.1. The van der Waals surface area contributed by atoms with Gasteiger partial charge in [0.05, 0.1) is 6.07 Å². The first-order valence-electron chi connectivity index (χ1n) is 6.20. The molecule has 0 saturated heterocycles. The van der Waals surface area contributed by atoms with Crippen LogP contribution >= 0.6 is 0 Å². The van der Waals surface area contributed by atoms with Crippen molar-refractivity contribution in [3.8, 4) is 6.07 Å². The Labute approximate surface area is 100 Å². The summed E-state index contributed by atoms with van der Waals surface area (Å²) in [5, 5.41) is 9.01. The molecule has 0 spiro atoms. The lowest BCUT2D eigenvalue weighted by Crippen LogP contribution is -2.06. The minimum absolute atomic E-state index is 0.0376. The van der Waals surface area contributed by atoms with Gasteiger partial charge in [-0.3, -0.25) is 0 Å². The second kappa shape index (κ2) is 6.68. The Kier molecular flexibility index (Phi) is 5.54. The van der Waals surface area contributed by atoms with Crippen molar-refractivity contribution in [2.24, 2.45) is 0 Å². The van der Waals surface area contributed by atoms with E-state index in [4.69, 9.17) is 5.26 Å². The molecular formula is C13H18F3N. The van der Waals surface area contributed by atoms with Crippen LogP contribution in [0.25, 0.3) is 0 Å². The molecule has 1 nitrogen and oxygen atoms in total. The van der Waals surface area contributed by atoms with Gasteiger partial charge in [-0.15, -0.1) is 0 Å². The SMILES string of the molecule is N#CC(CCCC(F)(F)F)=C1CCCCCC1. The summed E-state index contributed by atoms with van der Waals surface area (Å²) in [7, 11) is 0. The Morgan fingerprint density at radius 2 is 1.71 bits per heavy atom. The fourth-order valence-electron chi connectivity index (χ4n) is 2.23. The molecule has 0 bridgehead atoms. The maximum absolute atomic E-state index is 12.0. The largest absolute Gasteiger partial charge is 0.389 e. The average molecular weight is 245 g/mol. The molecular weight excluding hydrogens is 227 g/mol. The molecule has 0 amide bonds. The van der Waals surface area contributed by atoms with E-state index in [9.17, 15) is 13.2 Å². The van der Waals surface area contributed by atoms with Gasteiger partial charge in [0.25, 0.3) is 0 Å². The number of hydrogen-bond donors (Lipinski definition) is 0. The zero-order valence-corrected chi connectivity index (χ0v) is 9.95. The summed E-state index contributed by atoms with van der Waals surface area (Å²) in [5.74, 6) is 0. The highest BCUT2D eigenvalue weighted by Crippen LogP contribution is 2.29. The van der Waals surface area contributed by atoms with Crippen LogP contribution in [0.3, 0.4) is 0 Å². The van der Waals surface area contributed by atoms with E-state index in [0.29, 0.717) is 5.57 Å². The summed E-state index contributed by atoms with van der Waals surface area (Å²) in [5.41, 5.74) is 1.71. The maximum Gasteiger partial charge on any atom is 0.389 e. The van der Waals surface area contributed by atoms with Gasteiger partial charge in [-0.2, -0.15) is 18.4 Å². The zero-order valence-electron chi connectivity index (χ0n) is 9.95.